The molecule has 0 bridgehead atoms. The minimum atomic E-state index is -0.384. The van der Waals surface area contributed by atoms with Gasteiger partial charge in [-0.25, -0.2) is 0 Å². The van der Waals surface area contributed by atoms with Crippen LogP contribution >= 0.6 is 11.6 Å². The number of aryl methyl sites for hydroxylation is 1. The van der Waals surface area contributed by atoms with E-state index in [-0.39, 0.29) is 6.10 Å². The molecule has 0 aromatic heterocycles. The third-order valence-electron chi connectivity index (χ3n) is 3.60. The first-order valence-corrected chi connectivity index (χ1v) is 7.10. The van der Waals surface area contributed by atoms with Gasteiger partial charge in [0.05, 0.1) is 11.1 Å². The van der Waals surface area contributed by atoms with Gasteiger partial charge in [0.15, 0.2) is 0 Å². The van der Waals surface area contributed by atoms with Crippen LogP contribution in [0.2, 0.25) is 5.02 Å². The summed E-state index contributed by atoms with van der Waals surface area (Å²) in [6, 6.07) is 5.70. The maximum absolute atomic E-state index is 9.95. The van der Waals surface area contributed by atoms with Crippen LogP contribution in [-0.4, -0.2) is 17.8 Å². The van der Waals surface area contributed by atoms with Gasteiger partial charge in [0.1, 0.15) is 12.4 Å². The van der Waals surface area contributed by atoms with Gasteiger partial charge in [-0.1, -0.05) is 43.4 Å². The lowest BCUT2D eigenvalue weighted by atomic mass is 10.0. The molecule has 0 saturated heterocycles. The molecule has 1 aromatic carbocycles. The fourth-order valence-corrected chi connectivity index (χ4v) is 2.90. The van der Waals surface area contributed by atoms with Gasteiger partial charge < -0.3 is 9.84 Å². The van der Waals surface area contributed by atoms with Gasteiger partial charge in [-0.3, -0.25) is 0 Å². The van der Waals surface area contributed by atoms with Gasteiger partial charge in [0.2, 0.25) is 0 Å². The number of hydrogen-bond acceptors (Lipinski definition) is 2. The van der Waals surface area contributed by atoms with Crippen LogP contribution in [0.3, 0.4) is 0 Å². The summed E-state index contributed by atoms with van der Waals surface area (Å²) >= 11 is 6.08. The van der Waals surface area contributed by atoms with Gasteiger partial charge in [-0.2, -0.15) is 0 Å². The van der Waals surface area contributed by atoms with Crippen molar-refractivity contribution < 1.29 is 9.84 Å². The number of aliphatic hydroxyl groups excluding tert-OH is 1. The van der Waals surface area contributed by atoms with E-state index in [0.717, 1.165) is 12.0 Å². The zero-order valence-corrected chi connectivity index (χ0v) is 11.6. The van der Waals surface area contributed by atoms with Crippen molar-refractivity contribution in [1.29, 1.82) is 0 Å². The third-order valence-corrected chi connectivity index (χ3v) is 3.89. The number of halogens is 1. The zero-order chi connectivity index (χ0) is 13.0. The first-order chi connectivity index (χ1) is 8.65. The van der Waals surface area contributed by atoms with Gasteiger partial charge in [0.25, 0.3) is 0 Å². The van der Waals surface area contributed by atoms with Gasteiger partial charge in [-0.05, 0) is 37.0 Å². The molecular formula is C15H21ClO2. The molecule has 0 spiro atoms. The number of hydrogen-bond donors (Lipinski definition) is 1. The highest BCUT2D eigenvalue weighted by atomic mass is 35.5. The topological polar surface area (TPSA) is 29.5 Å². The third kappa shape index (κ3) is 3.89. The summed E-state index contributed by atoms with van der Waals surface area (Å²) in [4.78, 5) is 0. The molecule has 0 amide bonds. The smallest absolute Gasteiger partial charge is 0.138 e. The minimum absolute atomic E-state index is 0.333. The SMILES string of the molecule is Cc1ccc(OCC(O)CC2CCCC2)c(Cl)c1. The molecule has 1 unspecified atom stereocenters. The van der Waals surface area contributed by atoms with Crippen LogP contribution in [0.4, 0.5) is 0 Å². The Hall–Kier alpha value is -0.730. The zero-order valence-electron chi connectivity index (χ0n) is 10.9. The fourth-order valence-electron chi connectivity index (χ4n) is 2.61. The quantitative estimate of drug-likeness (QED) is 0.876. The Bertz CT molecular complexity index is 386. The summed E-state index contributed by atoms with van der Waals surface area (Å²) in [7, 11) is 0. The Balaban J connectivity index is 1.79. The monoisotopic (exact) mass is 268 g/mol. The largest absolute Gasteiger partial charge is 0.489 e. The highest BCUT2D eigenvalue weighted by molar-refractivity contribution is 6.32. The highest BCUT2D eigenvalue weighted by Crippen LogP contribution is 2.29. The van der Waals surface area contributed by atoms with E-state index < -0.39 is 0 Å². The van der Waals surface area contributed by atoms with Crippen molar-refractivity contribution in [3.8, 4) is 5.75 Å². The van der Waals surface area contributed by atoms with Crippen molar-refractivity contribution in [3.63, 3.8) is 0 Å². The van der Waals surface area contributed by atoms with Gasteiger partial charge in [0, 0.05) is 0 Å². The molecule has 0 aliphatic heterocycles. The van der Waals surface area contributed by atoms with Crippen molar-refractivity contribution >= 4 is 11.6 Å². The number of aliphatic hydroxyl groups is 1. The Morgan fingerprint density at radius 2 is 2.11 bits per heavy atom. The lowest BCUT2D eigenvalue weighted by molar-refractivity contribution is 0.0856. The van der Waals surface area contributed by atoms with E-state index in [1.165, 1.54) is 25.7 Å². The molecule has 1 fully saturated rings. The van der Waals surface area contributed by atoms with Crippen LogP contribution < -0.4 is 4.74 Å². The second kappa shape index (κ2) is 6.44. The summed E-state index contributed by atoms with van der Waals surface area (Å²) in [6.07, 6.45) is 5.59. The molecule has 1 aliphatic rings. The number of ether oxygens (including phenoxy) is 1. The molecule has 2 rings (SSSR count). The van der Waals surface area contributed by atoms with Crippen molar-refractivity contribution in [2.45, 2.75) is 45.1 Å². The second-order valence-corrected chi connectivity index (χ2v) is 5.69. The lowest BCUT2D eigenvalue weighted by Crippen LogP contribution is -2.20. The second-order valence-electron chi connectivity index (χ2n) is 5.28. The summed E-state index contributed by atoms with van der Waals surface area (Å²) in [5.74, 6) is 1.34. The molecular weight excluding hydrogens is 248 g/mol. The molecule has 1 saturated carbocycles. The van der Waals surface area contributed by atoms with Crippen LogP contribution in [0, 0.1) is 12.8 Å². The predicted molar refractivity (Wildman–Crippen MR) is 74.3 cm³/mol. The average molecular weight is 269 g/mol. The maximum atomic E-state index is 9.95. The Labute approximate surface area is 114 Å². The van der Waals surface area contributed by atoms with Crippen LogP contribution in [0.25, 0.3) is 0 Å². The number of rotatable bonds is 5. The molecule has 1 atom stereocenters. The van der Waals surface area contributed by atoms with Gasteiger partial charge >= 0.3 is 0 Å². The average Bonchev–Trinajstić information content (AvgIpc) is 2.80. The van der Waals surface area contributed by atoms with Crippen molar-refractivity contribution in [1.82, 2.24) is 0 Å². The lowest BCUT2D eigenvalue weighted by Gasteiger charge is -2.16. The molecule has 18 heavy (non-hydrogen) atoms. The van der Waals surface area contributed by atoms with Crippen molar-refractivity contribution in [3.05, 3.63) is 28.8 Å². The minimum Gasteiger partial charge on any atom is -0.489 e. The molecule has 1 aromatic rings. The van der Waals surface area contributed by atoms with Gasteiger partial charge in [-0.15, -0.1) is 0 Å². The van der Waals surface area contributed by atoms with E-state index in [2.05, 4.69) is 0 Å². The summed E-state index contributed by atoms with van der Waals surface area (Å²) in [6.45, 7) is 2.32. The molecule has 0 radical (unpaired) electrons. The first-order valence-electron chi connectivity index (χ1n) is 6.72. The van der Waals surface area contributed by atoms with E-state index in [9.17, 15) is 5.11 Å². The van der Waals surface area contributed by atoms with E-state index in [0.29, 0.717) is 23.3 Å². The molecule has 1 aliphatic carbocycles. The van der Waals surface area contributed by atoms with E-state index in [1.807, 2.05) is 25.1 Å². The predicted octanol–water partition coefficient (Wildman–Crippen LogP) is 3.97. The Morgan fingerprint density at radius 1 is 1.39 bits per heavy atom. The molecule has 1 N–H and O–H groups in total. The maximum Gasteiger partial charge on any atom is 0.138 e. The Morgan fingerprint density at radius 3 is 2.78 bits per heavy atom. The van der Waals surface area contributed by atoms with Crippen LogP contribution in [-0.2, 0) is 0 Å². The number of benzene rings is 1. The Kier molecular flexibility index (Phi) is 4.90. The van der Waals surface area contributed by atoms with Crippen LogP contribution in [0.5, 0.6) is 5.75 Å². The van der Waals surface area contributed by atoms with Crippen LogP contribution in [0.1, 0.15) is 37.7 Å². The summed E-state index contributed by atoms with van der Waals surface area (Å²) in [5.41, 5.74) is 1.11. The van der Waals surface area contributed by atoms with Crippen LogP contribution in [0.15, 0.2) is 18.2 Å². The van der Waals surface area contributed by atoms with Crippen molar-refractivity contribution in [2.75, 3.05) is 6.61 Å². The standard InChI is InChI=1S/C15H21ClO2/c1-11-6-7-15(14(16)8-11)18-10-13(17)9-12-4-2-3-5-12/h6-8,12-13,17H,2-5,9-10H2,1H3. The molecule has 2 nitrogen and oxygen atoms in total. The normalized spacial score (nSPS) is 17.9. The van der Waals surface area contributed by atoms with Crippen molar-refractivity contribution in [2.24, 2.45) is 5.92 Å². The summed E-state index contributed by atoms with van der Waals surface area (Å²) in [5, 5.41) is 10.6. The first kappa shape index (κ1) is 13.7. The summed E-state index contributed by atoms with van der Waals surface area (Å²) < 4.78 is 5.58. The molecule has 100 valence electrons. The van der Waals surface area contributed by atoms with E-state index >= 15 is 0 Å². The highest BCUT2D eigenvalue weighted by Gasteiger charge is 2.19. The van der Waals surface area contributed by atoms with E-state index in [4.69, 9.17) is 16.3 Å². The molecule has 3 heteroatoms. The molecule has 0 heterocycles. The fraction of sp³-hybridized carbons (Fsp3) is 0.600. The van der Waals surface area contributed by atoms with E-state index in [1.54, 1.807) is 0 Å².